The molecular formula is C15H15N3O2S2. The van der Waals surface area contributed by atoms with Crippen LogP contribution in [0, 0.1) is 6.92 Å². The van der Waals surface area contributed by atoms with Crippen molar-refractivity contribution >= 4 is 38.8 Å². The number of amides is 1. The average Bonchev–Trinajstić information content (AvgIpc) is 3.08. The molecule has 0 aliphatic heterocycles. The summed E-state index contributed by atoms with van der Waals surface area (Å²) in [7, 11) is 0. The van der Waals surface area contributed by atoms with Gasteiger partial charge in [0.1, 0.15) is 4.83 Å². The van der Waals surface area contributed by atoms with Crippen molar-refractivity contribution in [2.24, 2.45) is 5.73 Å². The molecule has 0 aromatic carbocycles. The highest BCUT2D eigenvalue weighted by Crippen LogP contribution is 2.37. The quantitative estimate of drug-likeness (QED) is 0.780. The van der Waals surface area contributed by atoms with E-state index in [4.69, 9.17) is 5.73 Å². The summed E-state index contributed by atoms with van der Waals surface area (Å²) in [6.07, 6.45) is 2.37. The summed E-state index contributed by atoms with van der Waals surface area (Å²) in [4.78, 5) is 30.9. The highest BCUT2D eigenvalue weighted by Gasteiger charge is 2.17. The molecule has 0 radical (unpaired) electrons. The SMILES string of the molecule is Cc1sc2ncn(CCCC(N)=O)c(=O)c2c1-c1cccs1. The van der Waals surface area contributed by atoms with Gasteiger partial charge in [-0.15, -0.1) is 22.7 Å². The van der Waals surface area contributed by atoms with Gasteiger partial charge in [-0.1, -0.05) is 6.07 Å². The van der Waals surface area contributed by atoms with E-state index in [0.29, 0.717) is 18.4 Å². The molecule has 5 nitrogen and oxygen atoms in total. The van der Waals surface area contributed by atoms with Crippen LogP contribution >= 0.6 is 22.7 Å². The number of hydrogen-bond acceptors (Lipinski definition) is 5. The second kappa shape index (κ2) is 6.02. The first kappa shape index (κ1) is 14.9. The molecule has 0 aliphatic carbocycles. The number of carbonyl (C=O) groups is 1. The third-order valence-corrected chi connectivity index (χ3v) is 5.35. The van der Waals surface area contributed by atoms with Crippen molar-refractivity contribution in [2.75, 3.05) is 0 Å². The van der Waals surface area contributed by atoms with E-state index in [1.807, 2.05) is 24.4 Å². The fourth-order valence-corrected chi connectivity index (χ4v) is 4.33. The van der Waals surface area contributed by atoms with Gasteiger partial charge >= 0.3 is 0 Å². The molecule has 0 atom stereocenters. The Labute approximate surface area is 135 Å². The van der Waals surface area contributed by atoms with Crippen LogP contribution in [0.4, 0.5) is 0 Å². The van der Waals surface area contributed by atoms with Gasteiger partial charge in [-0.25, -0.2) is 4.98 Å². The minimum atomic E-state index is -0.354. The Kier molecular flexibility index (Phi) is 4.08. The van der Waals surface area contributed by atoms with Gasteiger partial charge in [-0.2, -0.15) is 0 Å². The van der Waals surface area contributed by atoms with E-state index in [1.165, 1.54) is 11.3 Å². The first-order valence-corrected chi connectivity index (χ1v) is 8.58. The molecule has 3 aromatic rings. The van der Waals surface area contributed by atoms with Gasteiger partial charge in [0.05, 0.1) is 11.7 Å². The summed E-state index contributed by atoms with van der Waals surface area (Å²) >= 11 is 3.15. The van der Waals surface area contributed by atoms with Gasteiger partial charge < -0.3 is 5.73 Å². The zero-order chi connectivity index (χ0) is 15.7. The maximum Gasteiger partial charge on any atom is 0.262 e. The number of nitrogens with zero attached hydrogens (tertiary/aromatic N) is 2. The van der Waals surface area contributed by atoms with Crippen LogP contribution < -0.4 is 11.3 Å². The van der Waals surface area contributed by atoms with Crippen LogP contribution in [0.25, 0.3) is 20.7 Å². The predicted molar refractivity (Wildman–Crippen MR) is 90.4 cm³/mol. The minimum Gasteiger partial charge on any atom is -0.370 e. The van der Waals surface area contributed by atoms with E-state index in [-0.39, 0.29) is 17.9 Å². The third kappa shape index (κ3) is 2.69. The van der Waals surface area contributed by atoms with E-state index in [9.17, 15) is 9.59 Å². The van der Waals surface area contributed by atoms with E-state index >= 15 is 0 Å². The number of hydrogen-bond donors (Lipinski definition) is 1. The van der Waals surface area contributed by atoms with Gasteiger partial charge in [0.15, 0.2) is 0 Å². The minimum absolute atomic E-state index is 0.0535. The summed E-state index contributed by atoms with van der Waals surface area (Å²) in [5, 5.41) is 2.67. The van der Waals surface area contributed by atoms with E-state index in [1.54, 1.807) is 22.2 Å². The van der Waals surface area contributed by atoms with Gasteiger partial charge in [0, 0.05) is 28.3 Å². The topological polar surface area (TPSA) is 78.0 Å². The third-order valence-electron chi connectivity index (χ3n) is 3.44. The van der Waals surface area contributed by atoms with Crippen molar-refractivity contribution in [1.82, 2.24) is 9.55 Å². The average molecular weight is 333 g/mol. The molecule has 0 bridgehead atoms. The molecule has 3 heterocycles. The fourth-order valence-electron chi connectivity index (χ4n) is 2.44. The summed E-state index contributed by atoms with van der Waals surface area (Å²) < 4.78 is 1.56. The molecule has 7 heteroatoms. The van der Waals surface area contributed by atoms with Crippen LogP contribution in [0.1, 0.15) is 17.7 Å². The Balaban J connectivity index is 2.08. The molecule has 0 saturated carbocycles. The van der Waals surface area contributed by atoms with Crippen LogP contribution in [0.2, 0.25) is 0 Å². The maximum atomic E-state index is 12.8. The number of fused-ring (bicyclic) bond motifs is 1. The maximum absolute atomic E-state index is 12.8. The Hall–Kier alpha value is -1.99. The van der Waals surface area contributed by atoms with Crippen LogP contribution in [0.15, 0.2) is 28.6 Å². The van der Waals surface area contributed by atoms with Crippen molar-refractivity contribution in [3.05, 3.63) is 39.1 Å². The molecule has 0 aliphatic rings. The molecule has 3 aromatic heterocycles. The molecule has 114 valence electrons. The fraction of sp³-hybridized carbons (Fsp3) is 0.267. The smallest absolute Gasteiger partial charge is 0.262 e. The van der Waals surface area contributed by atoms with Crippen LogP contribution in [0.3, 0.4) is 0 Å². The lowest BCUT2D eigenvalue weighted by atomic mass is 10.1. The van der Waals surface area contributed by atoms with E-state index in [0.717, 1.165) is 20.1 Å². The number of rotatable bonds is 5. The second-order valence-corrected chi connectivity index (χ2v) is 7.15. The van der Waals surface area contributed by atoms with Gasteiger partial charge in [0.2, 0.25) is 5.91 Å². The van der Waals surface area contributed by atoms with E-state index < -0.39 is 0 Å². The number of primary amides is 1. The number of carbonyl (C=O) groups excluding carboxylic acids is 1. The molecule has 22 heavy (non-hydrogen) atoms. The van der Waals surface area contributed by atoms with Crippen molar-refractivity contribution < 1.29 is 4.79 Å². The summed E-state index contributed by atoms with van der Waals surface area (Å²) in [5.41, 5.74) is 6.07. The lowest BCUT2D eigenvalue weighted by molar-refractivity contribution is -0.118. The largest absolute Gasteiger partial charge is 0.370 e. The number of thiophene rings is 2. The first-order chi connectivity index (χ1) is 10.6. The number of nitrogens with two attached hydrogens (primary N) is 1. The van der Waals surface area contributed by atoms with Crippen LogP contribution in [-0.2, 0) is 11.3 Å². The van der Waals surface area contributed by atoms with Gasteiger partial charge in [-0.05, 0) is 24.8 Å². The zero-order valence-electron chi connectivity index (χ0n) is 12.0. The zero-order valence-corrected chi connectivity index (χ0v) is 13.7. The van der Waals surface area contributed by atoms with Gasteiger partial charge in [0.25, 0.3) is 5.56 Å². The predicted octanol–water partition coefficient (Wildman–Crippen LogP) is 2.76. The van der Waals surface area contributed by atoms with Crippen molar-refractivity contribution in [3.63, 3.8) is 0 Å². The van der Waals surface area contributed by atoms with Crippen molar-refractivity contribution in [3.8, 4) is 10.4 Å². The van der Waals surface area contributed by atoms with Gasteiger partial charge in [-0.3, -0.25) is 14.2 Å². The molecule has 0 fully saturated rings. The molecule has 0 saturated heterocycles. The highest BCUT2D eigenvalue weighted by molar-refractivity contribution is 7.20. The number of aromatic nitrogens is 2. The Morgan fingerprint density at radius 1 is 1.45 bits per heavy atom. The van der Waals surface area contributed by atoms with Crippen LogP contribution in [0.5, 0.6) is 0 Å². The second-order valence-electron chi connectivity index (χ2n) is 5.00. The molecule has 1 amide bonds. The van der Waals surface area contributed by atoms with Crippen molar-refractivity contribution in [1.29, 1.82) is 0 Å². The molecular weight excluding hydrogens is 318 g/mol. The monoisotopic (exact) mass is 333 g/mol. The summed E-state index contributed by atoms with van der Waals surface area (Å²) in [5.74, 6) is -0.354. The normalized spacial score (nSPS) is 11.1. The van der Waals surface area contributed by atoms with E-state index in [2.05, 4.69) is 4.98 Å². The first-order valence-electron chi connectivity index (χ1n) is 6.88. The molecule has 0 unspecified atom stereocenters. The summed E-state index contributed by atoms with van der Waals surface area (Å²) in [6, 6.07) is 3.99. The Morgan fingerprint density at radius 3 is 2.95 bits per heavy atom. The van der Waals surface area contributed by atoms with Crippen molar-refractivity contribution in [2.45, 2.75) is 26.3 Å². The standard InChI is InChI=1S/C15H15N3O2S2/c1-9-12(10-4-3-7-21-10)13-14(22-9)17-8-18(15(13)20)6-2-5-11(16)19/h3-4,7-8H,2,5-6H2,1H3,(H2,16,19). The molecule has 0 spiro atoms. The summed E-state index contributed by atoms with van der Waals surface area (Å²) in [6.45, 7) is 2.46. The molecule has 3 rings (SSSR count). The highest BCUT2D eigenvalue weighted by atomic mass is 32.1. The Morgan fingerprint density at radius 2 is 2.27 bits per heavy atom. The number of aryl methyl sites for hydroxylation is 2. The Bertz CT molecular complexity index is 878. The molecule has 2 N–H and O–H groups in total. The lowest BCUT2D eigenvalue weighted by Gasteiger charge is -2.05. The lowest BCUT2D eigenvalue weighted by Crippen LogP contribution is -2.21. The van der Waals surface area contributed by atoms with Crippen LogP contribution in [-0.4, -0.2) is 15.5 Å².